The first-order chi connectivity index (χ1) is 21.0. The van der Waals surface area contributed by atoms with Crippen LogP contribution in [0.25, 0.3) is 0 Å². The fourth-order valence-corrected chi connectivity index (χ4v) is 4.05. The first kappa shape index (κ1) is 35.9. The Kier molecular flexibility index (Phi) is 15.5. The van der Waals surface area contributed by atoms with Crippen LogP contribution in [0.3, 0.4) is 0 Å². The summed E-state index contributed by atoms with van der Waals surface area (Å²) in [5, 5.41) is 19.8. The van der Waals surface area contributed by atoms with E-state index in [1.165, 1.54) is 12.2 Å². The third-order valence-electron chi connectivity index (χ3n) is 6.48. The number of anilines is 1. The summed E-state index contributed by atoms with van der Waals surface area (Å²) in [5.74, 6) is -2.52. The summed E-state index contributed by atoms with van der Waals surface area (Å²) in [5.41, 5.74) is 6.24. The molecule has 1 aliphatic heterocycles. The minimum atomic E-state index is -0.978. The molecule has 0 aromatic heterocycles. The second-order valence-electron chi connectivity index (χ2n) is 10.3. The molecule has 7 amide bonds. The van der Waals surface area contributed by atoms with Gasteiger partial charge in [-0.3, -0.25) is 28.9 Å². The molecule has 0 radical (unpaired) electrons. The van der Waals surface area contributed by atoms with Crippen molar-refractivity contribution < 1.29 is 43.3 Å². The minimum absolute atomic E-state index is 0.0223. The van der Waals surface area contributed by atoms with E-state index >= 15 is 0 Å². The Bertz CT molecular complexity index is 1150. The number of hydrogen-bond acceptors (Lipinski definition) is 9. The van der Waals surface area contributed by atoms with Crippen molar-refractivity contribution in [3.8, 4) is 0 Å². The van der Waals surface area contributed by atoms with E-state index in [1.54, 1.807) is 38.1 Å². The smallest absolute Gasteiger partial charge is 0.312 e. The highest BCUT2D eigenvalue weighted by molar-refractivity contribution is 6.12. The van der Waals surface area contributed by atoms with Crippen molar-refractivity contribution in [1.82, 2.24) is 20.9 Å². The lowest BCUT2D eigenvalue weighted by Crippen LogP contribution is -2.54. The van der Waals surface area contributed by atoms with Gasteiger partial charge < -0.3 is 41.6 Å². The molecule has 0 bridgehead atoms. The van der Waals surface area contributed by atoms with Crippen LogP contribution in [0.1, 0.15) is 38.7 Å². The number of nitrogens with one attached hydrogen (secondary N) is 4. The maximum absolute atomic E-state index is 13.2. The van der Waals surface area contributed by atoms with Gasteiger partial charge in [0.25, 0.3) is 11.8 Å². The second-order valence-corrected chi connectivity index (χ2v) is 10.3. The number of nitrogens with zero attached hydrogens (tertiary/aromatic N) is 1. The van der Waals surface area contributed by atoms with Crippen LogP contribution in [0.5, 0.6) is 0 Å². The average Bonchev–Trinajstić information content (AvgIpc) is 3.30. The molecule has 1 aliphatic rings. The zero-order valence-electron chi connectivity index (χ0n) is 25.0. The predicted octanol–water partition coefficient (Wildman–Crippen LogP) is -0.460. The molecule has 1 heterocycles. The molecule has 0 saturated carbocycles. The van der Waals surface area contributed by atoms with Crippen LogP contribution in [-0.4, -0.2) is 97.2 Å². The van der Waals surface area contributed by atoms with E-state index in [9.17, 15) is 33.9 Å². The lowest BCUT2D eigenvalue weighted by molar-refractivity contribution is -0.137. The Balaban J connectivity index is 1.81. The Morgan fingerprint density at radius 2 is 1.55 bits per heavy atom. The van der Waals surface area contributed by atoms with Gasteiger partial charge in [-0.15, -0.1) is 0 Å². The number of carbonyl (C=O) groups is 6. The number of imide groups is 1. The van der Waals surface area contributed by atoms with E-state index in [-0.39, 0.29) is 76.7 Å². The highest BCUT2D eigenvalue weighted by Gasteiger charge is 2.29. The molecule has 15 heteroatoms. The van der Waals surface area contributed by atoms with Crippen LogP contribution in [-0.2, 0) is 40.1 Å². The maximum Gasteiger partial charge on any atom is 0.312 e. The molecular formula is C29H42N6O9. The normalized spacial score (nSPS) is 14.0. The molecule has 0 saturated heterocycles. The van der Waals surface area contributed by atoms with Gasteiger partial charge in [-0.1, -0.05) is 26.0 Å². The van der Waals surface area contributed by atoms with Gasteiger partial charge in [-0.2, -0.15) is 0 Å². The number of urea groups is 1. The van der Waals surface area contributed by atoms with Crippen LogP contribution >= 0.6 is 0 Å². The van der Waals surface area contributed by atoms with Crippen LogP contribution in [0, 0.1) is 5.92 Å². The molecule has 0 spiro atoms. The number of rotatable bonds is 20. The molecule has 2 rings (SSSR count). The van der Waals surface area contributed by atoms with E-state index in [0.717, 1.165) is 4.90 Å². The summed E-state index contributed by atoms with van der Waals surface area (Å²) < 4.78 is 10.8. The minimum Gasteiger partial charge on any atom is -0.392 e. The number of aliphatic hydroxyl groups excluding tert-OH is 1. The Morgan fingerprint density at radius 3 is 2.14 bits per heavy atom. The van der Waals surface area contributed by atoms with E-state index in [0.29, 0.717) is 17.7 Å². The molecule has 1 aromatic rings. The standard InChI is InChI=1S/C29H42N6O9/c1-19(2)26(34-23(37)11-14-43-16-17-44-15-13-35-24(38)9-10-25(35)39)28(41)33-22(4-3-12-31-29(30)42)27(40)32-21-7-5-20(18-36)6-8-21/h5-10,19,22,26,36H,3-4,11-18H2,1-2H3,(H,32,40)(H,33,41)(H,34,37)(H3,30,31,42)/t22-,26-/m0/s1. The van der Waals surface area contributed by atoms with E-state index in [2.05, 4.69) is 21.3 Å². The van der Waals surface area contributed by atoms with Gasteiger partial charge in [0.15, 0.2) is 0 Å². The van der Waals surface area contributed by atoms with Crippen molar-refractivity contribution in [1.29, 1.82) is 0 Å². The van der Waals surface area contributed by atoms with Crippen molar-refractivity contribution in [2.24, 2.45) is 11.7 Å². The number of aliphatic hydroxyl groups is 1. The molecule has 44 heavy (non-hydrogen) atoms. The van der Waals surface area contributed by atoms with E-state index in [4.69, 9.17) is 15.2 Å². The number of benzene rings is 1. The summed E-state index contributed by atoms with van der Waals surface area (Å²) in [7, 11) is 0. The molecule has 0 aliphatic carbocycles. The van der Waals surface area contributed by atoms with E-state index < -0.39 is 35.8 Å². The fourth-order valence-electron chi connectivity index (χ4n) is 4.05. The van der Waals surface area contributed by atoms with Crippen LogP contribution in [0.4, 0.5) is 10.5 Å². The van der Waals surface area contributed by atoms with Crippen molar-refractivity contribution in [3.05, 3.63) is 42.0 Å². The zero-order chi connectivity index (χ0) is 32.5. The van der Waals surface area contributed by atoms with Gasteiger partial charge in [0.2, 0.25) is 17.7 Å². The van der Waals surface area contributed by atoms with Crippen molar-refractivity contribution >= 4 is 41.3 Å². The first-order valence-corrected chi connectivity index (χ1v) is 14.3. The van der Waals surface area contributed by atoms with Gasteiger partial charge in [-0.25, -0.2) is 4.79 Å². The number of primary amides is 1. The summed E-state index contributed by atoms with van der Waals surface area (Å²) >= 11 is 0. The molecule has 15 nitrogen and oxygen atoms in total. The first-order valence-electron chi connectivity index (χ1n) is 14.3. The number of carbonyl (C=O) groups excluding carboxylic acids is 6. The third kappa shape index (κ3) is 12.9. The van der Waals surface area contributed by atoms with Crippen molar-refractivity contribution in [2.75, 3.05) is 44.8 Å². The SMILES string of the molecule is CC(C)[C@H](NC(=O)CCOCCOCCN1C(=O)C=CC1=O)C(=O)N[C@@H](CCCNC(N)=O)C(=O)Nc1ccc(CO)cc1. The van der Waals surface area contributed by atoms with Gasteiger partial charge in [-0.05, 0) is 36.5 Å². The van der Waals surface area contributed by atoms with Crippen molar-refractivity contribution in [3.63, 3.8) is 0 Å². The molecule has 242 valence electrons. The lowest BCUT2D eigenvalue weighted by atomic mass is 10.0. The second kappa shape index (κ2) is 19.0. The summed E-state index contributed by atoms with van der Waals surface area (Å²) in [4.78, 5) is 73.9. The van der Waals surface area contributed by atoms with Gasteiger partial charge >= 0.3 is 6.03 Å². The molecule has 7 N–H and O–H groups in total. The van der Waals surface area contributed by atoms with Gasteiger partial charge in [0, 0.05) is 30.8 Å². The molecule has 0 unspecified atom stereocenters. The number of hydrogen-bond donors (Lipinski definition) is 6. The fraction of sp³-hybridized carbons (Fsp3) is 0.517. The average molecular weight is 619 g/mol. The largest absolute Gasteiger partial charge is 0.392 e. The summed E-state index contributed by atoms with van der Waals surface area (Å²) in [6.07, 6.45) is 2.91. The van der Waals surface area contributed by atoms with Gasteiger partial charge in [0.1, 0.15) is 12.1 Å². The summed E-state index contributed by atoms with van der Waals surface area (Å²) in [6, 6.07) is 3.94. The van der Waals surface area contributed by atoms with Crippen LogP contribution in [0.15, 0.2) is 36.4 Å². The van der Waals surface area contributed by atoms with Crippen molar-refractivity contribution in [2.45, 2.75) is 51.8 Å². The number of ether oxygens (including phenoxy) is 2. The Hall–Kier alpha value is -4.34. The topological polar surface area (TPSA) is 218 Å². The lowest BCUT2D eigenvalue weighted by Gasteiger charge is -2.25. The van der Waals surface area contributed by atoms with Crippen LogP contribution < -0.4 is 27.0 Å². The maximum atomic E-state index is 13.2. The molecular weight excluding hydrogens is 576 g/mol. The molecule has 2 atom stereocenters. The summed E-state index contributed by atoms with van der Waals surface area (Å²) in [6.45, 7) is 4.32. The Labute approximate surface area is 255 Å². The molecule has 1 aromatic carbocycles. The van der Waals surface area contributed by atoms with E-state index in [1.807, 2.05) is 0 Å². The highest BCUT2D eigenvalue weighted by Crippen LogP contribution is 2.12. The number of nitrogens with two attached hydrogens (primary N) is 1. The van der Waals surface area contributed by atoms with Crippen LogP contribution in [0.2, 0.25) is 0 Å². The molecule has 0 fully saturated rings. The zero-order valence-corrected chi connectivity index (χ0v) is 25.0. The predicted molar refractivity (Wildman–Crippen MR) is 159 cm³/mol. The highest BCUT2D eigenvalue weighted by atomic mass is 16.5. The monoisotopic (exact) mass is 618 g/mol. The Morgan fingerprint density at radius 1 is 0.909 bits per heavy atom. The third-order valence-corrected chi connectivity index (χ3v) is 6.48. The number of amides is 7. The van der Waals surface area contributed by atoms with Gasteiger partial charge in [0.05, 0.1) is 39.6 Å². The quantitative estimate of drug-likeness (QED) is 0.0821.